The first-order valence-corrected chi connectivity index (χ1v) is 8.86. The lowest BCUT2D eigenvalue weighted by molar-refractivity contribution is 0.0945. The molecule has 1 amide bonds. The summed E-state index contributed by atoms with van der Waals surface area (Å²) in [5, 5.41) is 14.3. The van der Waals surface area contributed by atoms with E-state index in [4.69, 9.17) is 14.2 Å². The van der Waals surface area contributed by atoms with Crippen LogP contribution in [0, 0.1) is 0 Å². The van der Waals surface area contributed by atoms with Crippen LogP contribution < -0.4 is 24.8 Å². The highest BCUT2D eigenvalue weighted by atomic mass is 35.5. The molecular formula is C18H26ClN5O4. The van der Waals surface area contributed by atoms with Gasteiger partial charge >= 0.3 is 0 Å². The lowest BCUT2D eigenvalue weighted by Gasteiger charge is -2.22. The van der Waals surface area contributed by atoms with E-state index in [2.05, 4.69) is 20.9 Å². The molecule has 1 aromatic carbocycles. The lowest BCUT2D eigenvalue weighted by Crippen LogP contribution is -2.29. The minimum Gasteiger partial charge on any atom is -0.496 e. The first-order chi connectivity index (χ1) is 13.2. The molecule has 2 aromatic rings. The molecule has 2 N–H and O–H groups in total. The number of aromatic nitrogens is 3. The van der Waals surface area contributed by atoms with Gasteiger partial charge in [-0.1, -0.05) is 5.21 Å². The molecule has 0 spiro atoms. The number of nitrogens with one attached hydrogen (secondary N) is 2. The summed E-state index contributed by atoms with van der Waals surface area (Å²) in [4.78, 5) is 12.5. The third kappa shape index (κ3) is 4.85. The van der Waals surface area contributed by atoms with Gasteiger partial charge in [0.05, 0.1) is 45.7 Å². The third-order valence-electron chi connectivity index (χ3n) is 4.67. The fourth-order valence-corrected chi connectivity index (χ4v) is 3.14. The Hall–Kier alpha value is -2.52. The summed E-state index contributed by atoms with van der Waals surface area (Å²) in [5.74, 6) is 1.47. The van der Waals surface area contributed by atoms with E-state index in [0.29, 0.717) is 22.9 Å². The number of rotatable bonds is 7. The number of ether oxygens (including phenoxy) is 3. The van der Waals surface area contributed by atoms with Crippen molar-refractivity contribution in [3.8, 4) is 17.2 Å². The zero-order chi connectivity index (χ0) is 19.2. The SMILES string of the molecule is COc1cc(OC)c(CNC(=O)c2cn(C3CCNCC3)nn2)c(OC)c1.Cl. The molecule has 0 aliphatic carbocycles. The van der Waals surface area contributed by atoms with Gasteiger partial charge in [-0.3, -0.25) is 4.79 Å². The number of benzene rings is 1. The Bertz CT molecular complexity index is 767. The summed E-state index contributed by atoms with van der Waals surface area (Å²) in [6, 6.07) is 3.77. The topological polar surface area (TPSA) is 99.5 Å². The van der Waals surface area contributed by atoms with Gasteiger partial charge in [-0.05, 0) is 25.9 Å². The van der Waals surface area contributed by atoms with Gasteiger partial charge in [0.2, 0.25) is 0 Å². The van der Waals surface area contributed by atoms with Gasteiger partial charge in [-0.2, -0.15) is 0 Å². The van der Waals surface area contributed by atoms with Crippen molar-refractivity contribution in [3.05, 3.63) is 29.6 Å². The van der Waals surface area contributed by atoms with Crippen molar-refractivity contribution in [2.45, 2.75) is 25.4 Å². The number of nitrogens with zero attached hydrogens (tertiary/aromatic N) is 3. The molecule has 0 radical (unpaired) electrons. The average molecular weight is 412 g/mol. The van der Waals surface area contributed by atoms with Crippen molar-refractivity contribution >= 4 is 18.3 Å². The summed E-state index contributed by atoms with van der Waals surface area (Å²) in [6.45, 7) is 2.13. The maximum absolute atomic E-state index is 12.5. The summed E-state index contributed by atoms with van der Waals surface area (Å²) in [6.07, 6.45) is 3.66. The lowest BCUT2D eigenvalue weighted by atomic mass is 10.1. The molecule has 1 aliphatic rings. The average Bonchev–Trinajstić information content (AvgIpc) is 3.22. The van der Waals surface area contributed by atoms with Crippen LogP contribution in [0.25, 0.3) is 0 Å². The van der Waals surface area contributed by atoms with Gasteiger partial charge < -0.3 is 24.8 Å². The number of carbonyl (C=O) groups is 1. The number of piperidine rings is 1. The second kappa shape index (κ2) is 10.1. The van der Waals surface area contributed by atoms with Crippen LogP contribution >= 0.6 is 12.4 Å². The Balaban J connectivity index is 0.00000280. The Morgan fingerprint density at radius 2 is 1.82 bits per heavy atom. The minimum atomic E-state index is -0.296. The molecule has 2 heterocycles. The van der Waals surface area contributed by atoms with Crippen LogP contribution in [0.4, 0.5) is 0 Å². The van der Waals surface area contributed by atoms with Gasteiger partial charge in [0.15, 0.2) is 5.69 Å². The summed E-state index contributed by atoms with van der Waals surface area (Å²) >= 11 is 0. The van der Waals surface area contributed by atoms with Gasteiger partial charge in [0.25, 0.3) is 5.91 Å². The molecule has 1 saturated heterocycles. The quantitative estimate of drug-likeness (QED) is 0.713. The van der Waals surface area contributed by atoms with Crippen molar-refractivity contribution in [3.63, 3.8) is 0 Å². The maximum atomic E-state index is 12.5. The van der Waals surface area contributed by atoms with Crippen molar-refractivity contribution in [2.75, 3.05) is 34.4 Å². The Labute approximate surface area is 170 Å². The normalized spacial score (nSPS) is 14.1. The van der Waals surface area contributed by atoms with Gasteiger partial charge in [-0.15, -0.1) is 17.5 Å². The predicted molar refractivity (Wildman–Crippen MR) is 106 cm³/mol. The van der Waals surface area contributed by atoms with Crippen LogP contribution in [-0.4, -0.2) is 55.3 Å². The van der Waals surface area contributed by atoms with Gasteiger partial charge in [-0.25, -0.2) is 4.68 Å². The van der Waals surface area contributed by atoms with E-state index >= 15 is 0 Å². The summed E-state index contributed by atoms with van der Waals surface area (Å²) in [5.41, 5.74) is 1.01. The zero-order valence-electron chi connectivity index (χ0n) is 16.2. The highest BCUT2D eigenvalue weighted by Crippen LogP contribution is 2.33. The number of hydrogen-bond acceptors (Lipinski definition) is 7. The van der Waals surface area contributed by atoms with E-state index < -0.39 is 0 Å². The number of halogens is 1. The molecule has 3 rings (SSSR count). The highest BCUT2D eigenvalue weighted by molar-refractivity contribution is 5.91. The van der Waals surface area contributed by atoms with E-state index in [1.54, 1.807) is 44.3 Å². The van der Waals surface area contributed by atoms with Crippen LogP contribution in [0.5, 0.6) is 17.2 Å². The molecule has 0 bridgehead atoms. The monoisotopic (exact) mass is 411 g/mol. The molecule has 0 saturated carbocycles. The molecule has 28 heavy (non-hydrogen) atoms. The van der Waals surface area contributed by atoms with Crippen LogP contribution in [0.3, 0.4) is 0 Å². The molecule has 1 aliphatic heterocycles. The summed E-state index contributed by atoms with van der Waals surface area (Å²) in [7, 11) is 4.69. The van der Waals surface area contributed by atoms with E-state index in [0.717, 1.165) is 31.5 Å². The molecule has 0 atom stereocenters. The van der Waals surface area contributed by atoms with E-state index in [-0.39, 0.29) is 30.9 Å². The number of hydrogen-bond donors (Lipinski definition) is 2. The fraction of sp³-hybridized carbons (Fsp3) is 0.500. The van der Waals surface area contributed by atoms with E-state index in [1.165, 1.54) is 0 Å². The smallest absolute Gasteiger partial charge is 0.273 e. The molecule has 10 heteroatoms. The first kappa shape index (κ1) is 21.8. The van der Waals surface area contributed by atoms with E-state index in [1.807, 2.05) is 0 Å². The van der Waals surface area contributed by atoms with Crippen molar-refractivity contribution in [1.29, 1.82) is 0 Å². The largest absolute Gasteiger partial charge is 0.496 e. The Morgan fingerprint density at radius 3 is 2.39 bits per heavy atom. The van der Waals surface area contributed by atoms with Crippen LogP contribution in [0.15, 0.2) is 18.3 Å². The van der Waals surface area contributed by atoms with Crippen LogP contribution in [-0.2, 0) is 6.54 Å². The van der Waals surface area contributed by atoms with Crippen molar-refractivity contribution in [1.82, 2.24) is 25.6 Å². The second-order valence-corrected chi connectivity index (χ2v) is 6.26. The van der Waals surface area contributed by atoms with Gasteiger partial charge in [0.1, 0.15) is 17.2 Å². The predicted octanol–water partition coefficient (Wildman–Crippen LogP) is 1.58. The number of amides is 1. The third-order valence-corrected chi connectivity index (χ3v) is 4.67. The maximum Gasteiger partial charge on any atom is 0.273 e. The Morgan fingerprint density at radius 1 is 1.18 bits per heavy atom. The molecular weight excluding hydrogens is 386 g/mol. The van der Waals surface area contributed by atoms with Crippen molar-refractivity contribution < 1.29 is 19.0 Å². The molecule has 9 nitrogen and oxygen atoms in total. The molecule has 1 fully saturated rings. The fourth-order valence-electron chi connectivity index (χ4n) is 3.14. The highest BCUT2D eigenvalue weighted by Gasteiger charge is 2.20. The van der Waals surface area contributed by atoms with Gasteiger partial charge in [0, 0.05) is 12.1 Å². The first-order valence-electron chi connectivity index (χ1n) is 8.86. The second-order valence-electron chi connectivity index (χ2n) is 6.26. The molecule has 154 valence electrons. The molecule has 0 unspecified atom stereocenters. The zero-order valence-corrected chi connectivity index (χ0v) is 17.0. The Kier molecular flexibility index (Phi) is 7.89. The summed E-state index contributed by atoms with van der Waals surface area (Å²) < 4.78 is 17.8. The number of carbonyl (C=O) groups excluding carboxylic acids is 1. The molecule has 1 aromatic heterocycles. The standard InChI is InChI=1S/C18H25N5O4.ClH/c1-25-13-8-16(26-2)14(17(9-13)27-3)10-20-18(24)15-11-23(22-21-15)12-4-6-19-7-5-12;/h8-9,11-12,19H,4-7,10H2,1-3H3,(H,20,24);1H. The number of methoxy groups -OCH3 is 3. The van der Waals surface area contributed by atoms with Crippen LogP contribution in [0.1, 0.15) is 34.9 Å². The van der Waals surface area contributed by atoms with Crippen LogP contribution in [0.2, 0.25) is 0 Å². The van der Waals surface area contributed by atoms with Crippen molar-refractivity contribution in [2.24, 2.45) is 0 Å². The van der Waals surface area contributed by atoms with E-state index in [9.17, 15) is 4.79 Å². The minimum absolute atomic E-state index is 0.